The van der Waals surface area contributed by atoms with Gasteiger partial charge in [-0.3, -0.25) is 4.79 Å². The van der Waals surface area contributed by atoms with Gasteiger partial charge in [0.05, 0.1) is 12.2 Å². The van der Waals surface area contributed by atoms with Crippen LogP contribution >= 0.6 is 0 Å². The first-order valence-electron chi connectivity index (χ1n) is 10.5. The maximum atomic E-state index is 12.6. The van der Waals surface area contributed by atoms with Crippen LogP contribution in [0.15, 0.2) is 39.5 Å². The van der Waals surface area contributed by atoms with E-state index in [0.717, 1.165) is 18.2 Å². The summed E-state index contributed by atoms with van der Waals surface area (Å²) in [6, 6.07) is 8.56. The van der Waals surface area contributed by atoms with Gasteiger partial charge in [-0.2, -0.15) is 0 Å². The number of hydrogen-bond acceptors (Lipinski definition) is 5. The van der Waals surface area contributed by atoms with Crippen LogP contribution in [-0.4, -0.2) is 23.1 Å². The Balaban J connectivity index is 1.62. The molecule has 5 heteroatoms. The first kappa shape index (κ1) is 20.1. The Morgan fingerprint density at radius 1 is 1.10 bits per heavy atom. The highest BCUT2D eigenvalue weighted by molar-refractivity contribution is 5.85. The Morgan fingerprint density at radius 3 is 2.59 bits per heavy atom. The van der Waals surface area contributed by atoms with Gasteiger partial charge < -0.3 is 14.3 Å². The molecular weight excluding hydrogens is 368 g/mol. The summed E-state index contributed by atoms with van der Waals surface area (Å²) in [7, 11) is 0. The molecule has 2 aromatic rings. The fourth-order valence-corrected chi connectivity index (χ4v) is 6.01. The molecule has 5 nitrogen and oxygen atoms in total. The molecule has 0 bridgehead atoms. The molecular formula is C24H30O5. The van der Waals surface area contributed by atoms with Crippen LogP contribution in [0.5, 0.6) is 5.75 Å². The van der Waals surface area contributed by atoms with Crippen LogP contribution in [0.1, 0.15) is 53.4 Å². The second kappa shape index (κ2) is 6.69. The highest BCUT2D eigenvalue weighted by atomic mass is 16.5. The van der Waals surface area contributed by atoms with Crippen molar-refractivity contribution in [1.29, 1.82) is 0 Å². The number of hydrogen-bond donors (Lipinski definition) is 1. The molecule has 4 rings (SSSR count). The largest absolute Gasteiger partial charge is 0.493 e. The van der Waals surface area contributed by atoms with Gasteiger partial charge in [0.25, 0.3) is 0 Å². The van der Waals surface area contributed by atoms with Gasteiger partial charge in [-0.15, -0.1) is 0 Å². The van der Waals surface area contributed by atoms with E-state index >= 15 is 0 Å². The van der Waals surface area contributed by atoms with Gasteiger partial charge in [-0.25, -0.2) is 4.79 Å². The molecule has 156 valence electrons. The fraction of sp³-hybridized carbons (Fsp3) is 0.583. The minimum Gasteiger partial charge on any atom is -0.493 e. The summed E-state index contributed by atoms with van der Waals surface area (Å²) in [5.74, 6) is 1.06. The van der Waals surface area contributed by atoms with Crippen molar-refractivity contribution in [2.75, 3.05) is 6.61 Å². The van der Waals surface area contributed by atoms with Crippen molar-refractivity contribution in [3.05, 3.63) is 40.8 Å². The maximum absolute atomic E-state index is 12.6. The maximum Gasteiger partial charge on any atom is 0.336 e. The number of rotatable bonds is 3. The van der Waals surface area contributed by atoms with Crippen LogP contribution in [-0.2, 0) is 4.79 Å². The number of fused-ring (bicyclic) bond motifs is 2. The van der Waals surface area contributed by atoms with Crippen molar-refractivity contribution in [2.24, 2.45) is 22.7 Å². The van der Waals surface area contributed by atoms with Crippen molar-refractivity contribution >= 4 is 16.8 Å². The molecule has 4 atom stereocenters. The standard InChI is InChI=1S/C24H30O5/c1-22(2)18-9-12-24(4,27)19(23(18,3)11-10-20(22)25)14-28-16-7-5-15-6-8-21(26)29-17(15)13-16/h5-8,13,18-19,27H,9-12,14H2,1-4H3/t18-,19+,23-,24+/m0/s1. The Hall–Kier alpha value is -2.14. The number of Topliss-reactive ketones (excluding diaryl/α,β-unsaturated/α-hetero) is 1. The van der Waals surface area contributed by atoms with E-state index in [4.69, 9.17) is 9.15 Å². The molecule has 1 N–H and O–H groups in total. The first-order valence-corrected chi connectivity index (χ1v) is 10.5. The van der Waals surface area contributed by atoms with Gasteiger partial charge in [-0.1, -0.05) is 20.8 Å². The molecule has 1 aromatic carbocycles. The number of ketones is 1. The molecule has 0 radical (unpaired) electrons. The molecule has 0 unspecified atom stereocenters. The van der Waals surface area contributed by atoms with Crippen LogP contribution in [0.25, 0.3) is 11.0 Å². The Bertz CT molecular complexity index is 1000. The van der Waals surface area contributed by atoms with Gasteiger partial charge in [0.2, 0.25) is 0 Å². The highest BCUT2D eigenvalue weighted by Crippen LogP contribution is 2.60. The van der Waals surface area contributed by atoms with Crippen LogP contribution < -0.4 is 10.4 Å². The van der Waals surface area contributed by atoms with Gasteiger partial charge in [0.1, 0.15) is 17.1 Å². The average molecular weight is 398 g/mol. The molecule has 0 amide bonds. The second-order valence-electron chi connectivity index (χ2n) is 9.92. The lowest BCUT2D eigenvalue weighted by Crippen LogP contribution is -2.61. The molecule has 0 aliphatic heterocycles. The lowest BCUT2D eigenvalue weighted by Gasteiger charge is -2.60. The normalized spacial score (nSPS) is 34.0. The molecule has 2 aliphatic carbocycles. The molecule has 1 heterocycles. The van der Waals surface area contributed by atoms with Crippen LogP contribution in [0, 0.1) is 22.7 Å². The number of aliphatic hydroxyl groups is 1. The number of carbonyl (C=O) groups excluding carboxylic acids is 1. The zero-order valence-electron chi connectivity index (χ0n) is 17.7. The second-order valence-corrected chi connectivity index (χ2v) is 9.92. The lowest BCUT2D eigenvalue weighted by molar-refractivity contribution is -0.182. The van der Waals surface area contributed by atoms with E-state index in [2.05, 4.69) is 20.8 Å². The third-order valence-corrected chi connectivity index (χ3v) is 7.77. The topological polar surface area (TPSA) is 76.7 Å². The van der Waals surface area contributed by atoms with E-state index in [-0.39, 0.29) is 22.7 Å². The van der Waals surface area contributed by atoms with Gasteiger partial charge in [0, 0.05) is 35.3 Å². The van der Waals surface area contributed by atoms with Crippen LogP contribution in [0.2, 0.25) is 0 Å². The zero-order chi connectivity index (χ0) is 21.0. The molecule has 0 saturated heterocycles. The Labute approximate surface area is 171 Å². The minimum atomic E-state index is -0.856. The van der Waals surface area contributed by atoms with E-state index in [0.29, 0.717) is 36.6 Å². The Kier molecular flexibility index (Phi) is 4.65. The van der Waals surface area contributed by atoms with Crippen LogP contribution in [0.4, 0.5) is 0 Å². The average Bonchev–Trinajstić information content (AvgIpc) is 2.64. The van der Waals surface area contributed by atoms with Crippen molar-refractivity contribution in [3.63, 3.8) is 0 Å². The summed E-state index contributed by atoms with van der Waals surface area (Å²) in [5.41, 5.74) is -1.32. The summed E-state index contributed by atoms with van der Waals surface area (Å²) in [6.45, 7) is 8.58. The summed E-state index contributed by atoms with van der Waals surface area (Å²) in [5, 5.41) is 12.1. The smallest absolute Gasteiger partial charge is 0.336 e. The molecule has 2 aliphatic rings. The van der Waals surface area contributed by atoms with Crippen molar-refractivity contribution in [3.8, 4) is 5.75 Å². The summed E-state index contributed by atoms with van der Waals surface area (Å²) >= 11 is 0. The Morgan fingerprint density at radius 2 is 1.83 bits per heavy atom. The van der Waals surface area contributed by atoms with E-state index in [9.17, 15) is 14.7 Å². The number of benzene rings is 1. The van der Waals surface area contributed by atoms with Gasteiger partial charge in [0.15, 0.2) is 0 Å². The minimum absolute atomic E-state index is 0.0976. The van der Waals surface area contributed by atoms with Gasteiger partial charge >= 0.3 is 5.63 Å². The zero-order valence-corrected chi connectivity index (χ0v) is 17.7. The van der Waals surface area contributed by atoms with Crippen LogP contribution in [0.3, 0.4) is 0 Å². The summed E-state index contributed by atoms with van der Waals surface area (Å²) < 4.78 is 11.4. The molecule has 0 spiro atoms. The third-order valence-electron chi connectivity index (χ3n) is 7.77. The fourth-order valence-electron chi connectivity index (χ4n) is 6.01. The van der Waals surface area contributed by atoms with Gasteiger partial charge in [-0.05, 0) is 55.7 Å². The number of ether oxygens (including phenoxy) is 1. The third kappa shape index (κ3) is 3.29. The molecule has 29 heavy (non-hydrogen) atoms. The number of carbonyl (C=O) groups is 1. The highest BCUT2D eigenvalue weighted by Gasteiger charge is 2.60. The van der Waals surface area contributed by atoms with Crippen molar-refractivity contribution in [2.45, 2.75) is 59.0 Å². The van der Waals surface area contributed by atoms with E-state index in [1.54, 1.807) is 12.1 Å². The quantitative estimate of drug-likeness (QED) is 0.778. The predicted molar refractivity (Wildman–Crippen MR) is 111 cm³/mol. The van der Waals surface area contributed by atoms with E-state index in [1.165, 1.54) is 6.07 Å². The van der Waals surface area contributed by atoms with E-state index < -0.39 is 11.2 Å². The molecule has 1 aromatic heterocycles. The first-order chi connectivity index (χ1) is 13.5. The van der Waals surface area contributed by atoms with Crippen molar-refractivity contribution < 1.29 is 19.1 Å². The monoisotopic (exact) mass is 398 g/mol. The molecule has 2 fully saturated rings. The predicted octanol–water partition coefficient (Wildman–Crippen LogP) is 4.34. The van der Waals surface area contributed by atoms with Crippen molar-refractivity contribution in [1.82, 2.24) is 0 Å². The van der Waals surface area contributed by atoms with E-state index in [1.807, 2.05) is 19.1 Å². The molecule has 2 saturated carbocycles. The lowest BCUT2D eigenvalue weighted by atomic mass is 9.45. The SMILES string of the molecule is CC1(C)C(=O)CC[C@]2(C)[C@@H](COc3ccc4ccc(=O)oc4c3)[C@](C)(O)CC[C@@H]12. The summed E-state index contributed by atoms with van der Waals surface area (Å²) in [4.78, 5) is 24.1. The summed E-state index contributed by atoms with van der Waals surface area (Å²) in [6.07, 6.45) is 2.83.